The predicted octanol–water partition coefficient (Wildman–Crippen LogP) is 2.36. The summed E-state index contributed by atoms with van der Waals surface area (Å²) in [5, 5.41) is 11.0. The van der Waals surface area contributed by atoms with Gasteiger partial charge in [-0.25, -0.2) is 0 Å². The van der Waals surface area contributed by atoms with Gasteiger partial charge in [0.1, 0.15) is 17.9 Å². The molecule has 0 spiro atoms. The average Bonchev–Trinajstić information content (AvgIpc) is 2.60. The first kappa shape index (κ1) is 17.0. The van der Waals surface area contributed by atoms with Crippen LogP contribution in [0.1, 0.15) is 0 Å². The van der Waals surface area contributed by atoms with Crippen molar-refractivity contribution in [1.82, 2.24) is 0 Å². The third-order valence-corrected chi connectivity index (χ3v) is 4.12. The second-order valence-corrected chi connectivity index (χ2v) is 5.95. The van der Waals surface area contributed by atoms with Gasteiger partial charge in [0.05, 0.1) is 22.9 Å². The third kappa shape index (κ3) is 3.36. The highest BCUT2D eigenvalue weighted by molar-refractivity contribution is 9.10. The minimum absolute atomic E-state index is 0.133. The molecular weight excluding hydrogens is 392 g/mol. The first-order chi connectivity index (χ1) is 12.0. The van der Waals surface area contributed by atoms with Gasteiger partial charge in [0.15, 0.2) is 5.76 Å². The molecule has 0 saturated carbocycles. The average molecular weight is 404 g/mol. The van der Waals surface area contributed by atoms with Crippen LogP contribution in [0.15, 0.2) is 56.1 Å². The Kier molecular flexibility index (Phi) is 4.76. The fraction of sp³-hybridized carbons (Fsp3) is 0.111. The molecule has 128 valence electrons. The van der Waals surface area contributed by atoms with Crippen molar-refractivity contribution in [2.75, 3.05) is 13.7 Å². The molecule has 25 heavy (non-hydrogen) atoms. The van der Waals surface area contributed by atoms with Gasteiger partial charge in [-0.3, -0.25) is 4.79 Å². The SMILES string of the molecule is COc1ccc(-c2oc3ccccc3c(=O)c2OCC(=O)[O-])cc1Br. The highest BCUT2D eigenvalue weighted by atomic mass is 79.9. The number of rotatable bonds is 5. The number of halogens is 1. The van der Waals surface area contributed by atoms with Crippen molar-refractivity contribution in [1.29, 1.82) is 0 Å². The lowest BCUT2D eigenvalue weighted by atomic mass is 10.1. The first-order valence-electron chi connectivity index (χ1n) is 7.23. The Morgan fingerprint density at radius 2 is 2.00 bits per heavy atom. The van der Waals surface area contributed by atoms with Crippen molar-refractivity contribution in [3.63, 3.8) is 0 Å². The van der Waals surface area contributed by atoms with Crippen LogP contribution in [-0.2, 0) is 4.79 Å². The lowest BCUT2D eigenvalue weighted by Gasteiger charge is -2.13. The Labute approximate surface area is 150 Å². The molecule has 0 N–H and O–H groups in total. The number of para-hydroxylation sites is 1. The van der Waals surface area contributed by atoms with Gasteiger partial charge in [0, 0.05) is 5.56 Å². The second-order valence-electron chi connectivity index (χ2n) is 5.10. The van der Waals surface area contributed by atoms with Crippen LogP contribution in [-0.4, -0.2) is 19.7 Å². The maximum absolute atomic E-state index is 12.7. The van der Waals surface area contributed by atoms with Gasteiger partial charge in [-0.15, -0.1) is 0 Å². The van der Waals surface area contributed by atoms with Gasteiger partial charge >= 0.3 is 0 Å². The number of ether oxygens (including phenoxy) is 2. The largest absolute Gasteiger partial charge is 0.546 e. The number of carboxylic acids is 1. The molecule has 0 fully saturated rings. The Morgan fingerprint density at radius 1 is 1.24 bits per heavy atom. The number of carbonyl (C=O) groups excluding carboxylic acids is 1. The summed E-state index contributed by atoms with van der Waals surface area (Å²) in [6.07, 6.45) is 0. The molecule has 0 bridgehead atoms. The molecule has 0 aliphatic carbocycles. The van der Waals surface area contributed by atoms with Gasteiger partial charge in [0.2, 0.25) is 11.2 Å². The second kappa shape index (κ2) is 6.98. The molecule has 3 rings (SSSR count). The summed E-state index contributed by atoms with van der Waals surface area (Å²) >= 11 is 3.37. The summed E-state index contributed by atoms with van der Waals surface area (Å²) in [4.78, 5) is 23.4. The van der Waals surface area contributed by atoms with Gasteiger partial charge in [-0.2, -0.15) is 0 Å². The molecule has 2 aromatic carbocycles. The molecule has 0 amide bonds. The summed E-state index contributed by atoms with van der Waals surface area (Å²) in [5.41, 5.74) is 0.448. The van der Waals surface area contributed by atoms with E-state index in [1.54, 1.807) is 42.5 Å². The fourth-order valence-electron chi connectivity index (χ4n) is 2.38. The maximum atomic E-state index is 12.7. The number of carbonyl (C=O) groups is 1. The quantitative estimate of drug-likeness (QED) is 0.649. The van der Waals surface area contributed by atoms with Crippen LogP contribution < -0.4 is 20.0 Å². The molecule has 0 aliphatic rings. The lowest BCUT2D eigenvalue weighted by Crippen LogP contribution is -2.30. The standard InChI is InChI=1S/C18H13BrO6/c1-23-14-7-6-10(8-12(14)19)17-18(24-9-15(20)21)16(22)11-4-2-3-5-13(11)25-17/h2-8H,9H2,1H3,(H,20,21)/p-1. The van der Waals surface area contributed by atoms with Gasteiger partial charge in [-0.05, 0) is 46.3 Å². The third-order valence-electron chi connectivity index (χ3n) is 3.50. The van der Waals surface area contributed by atoms with E-state index in [4.69, 9.17) is 13.9 Å². The van der Waals surface area contributed by atoms with Crippen molar-refractivity contribution in [3.05, 3.63) is 57.2 Å². The van der Waals surface area contributed by atoms with E-state index in [2.05, 4.69) is 15.9 Å². The van der Waals surface area contributed by atoms with Crippen molar-refractivity contribution in [3.8, 4) is 22.8 Å². The van der Waals surface area contributed by atoms with E-state index in [-0.39, 0.29) is 11.5 Å². The molecule has 0 aliphatic heterocycles. The number of fused-ring (bicyclic) bond motifs is 1. The zero-order valence-electron chi connectivity index (χ0n) is 13.1. The predicted molar refractivity (Wildman–Crippen MR) is 92.7 cm³/mol. The smallest absolute Gasteiger partial charge is 0.235 e. The molecule has 0 saturated heterocycles. The summed E-state index contributed by atoms with van der Waals surface area (Å²) in [6, 6.07) is 11.7. The number of hydrogen-bond donors (Lipinski definition) is 0. The number of carboxylic acid groups (broad SMARTS) is 1. The van der Waals surface area contributed by atoms with E-state index < -0.39 is 18.0 Å². The van der Waals surface area contributed by atoms with Crippen LogP contribution in [0.3, 0.4) is 0 Å². The van der Waals surface area contributed by atoms with E-state index in [9.17, 15) is 14.7 Å². The van der Waals surface area contributed by atoms with Crippen LogP contribution in [0.4, 0.5) is 0 Å². The Morgan fingerprint density at radius 3 is 2.68 bits per heavy atom. The lowest BCUT2D eigenvalue weighted by molar-refractivity contribution is -0.307. The van der Waals surface area contributed by atoms with Crippen molar-refractivity contribution < 1.29 is 23.8 Å². The molecule has 6 nitrogen and oxygen atoms in total. The summed E-state index contributed by atoms with van der Waals surface area (Å²) in [6.45, 7) is -0.757. The molecule has 1 heterocycles. The molecule has 0 unspecified atom stereocenters. The highest BCUT2D eigenvalue weighted by Crippen LogP contribution is 2.35. The van der Waals surface area contributed by atoms with Crippen molar-refractivity contribution in [2.24, 2.45) is 0 Å². The van der Waals surface area contributed by atoms with Crippen LogP contribution in [0.25, 0.3) is 22.3 Å². The fourth-order valence-corrected chi connectivity index (χ4v) is 2.93. The van der Waals surface area contributed by atoms with E-state index in [1.165, 1.54) is 7.11 Å². The Balaban J connectivity index is 2.24. The van der Waals surface area contributed by atoms with Gasteiger partial charge in [0.25, 0.3) is 0 Å². The molecule has 0 atom stereocenters. The van der Waals surface area contributed by atoms with E-state index in [0.29, 0.717) is 26.8 Å². The van der Waals surface area contributed by atoms with Crippen LogP contribution >= 0.6 is 15.9 Å². The van der Waals surface area contributed by atoms with Crippen LogP contribution in [0.5, 0.6) is 11.5 Å². The Hall–Kier alpha value is -2.80. The molecule has 3 aromatic rings. The molecule has 1 aromatic heterocycles. The van der Waals surface area contributed by atoms with Crippen molar-refractivity contribution >= 4 is 32.9 Å². The monoisotopic (exact) mass is 403 g/mol. The summed E-state index contributed by atoms with van der Waals surface area (Å²) < 4.78 is 16.8. The van der Waals surface area contributed by atoms with Gasteiger partial charge in [-0.1, -0.05) is 12.1 Å². The zero-order valence-corrected chi connectivity index (χ0v) is 14.7. The Bertz CT molecular complexity index is 1010. The molecular formula is C18H12BrO6-. The van der Waals surface area contributed by atoms with Crippen LogP contribution in [0.2, 0.25) is 0 Å². The van der Waals surface area contributed by atoms with E-state index in [0.717, 1.165) is 0 Å². The normalized spacial score (nSPS) is 10.6. The number of benzene rings is 2. The summed E-state index contributed by atoms with van der Waals surface area (Å²) in [7, 11) is 1.53. The minimum Gasteiger partial charge on any atom is -0.546 e. The van der Waals surface area contributed by atoms with Crippen molar-refractivity contribution in [2.45, 2.75) is 0 Å². The highest BCUT2D eigenvalue weighted by Gasteiger charge is 2.18. The number of hydrogen-bond acceptors (Lipinski definition) is 6. The van der Waals surface area contributed by atoms with E-state index >= 15 is 0 Å². The van der Waals surface area contributed by atoms with E-state index in [1.807, 2.05) is 0 Å². The maximum Gasteiger partial charge on any atom is 0.235 e. The summed E-state index contributed by atoms with van der Waals surface area (Å²) in [5.74, 6) is -0.883. The van der Waals surface area contributed by atoms with Crippen LogP contribution in [0, 0.1) is 0 Å². The minimum atomic E-state index is -1.44. The number of methoxy groups -OCH3 is 1. The molecule has 0 radical (unpaired) electrons. The molecule has 7 heteroatoms. The first-order valence-corrected chi connectivity index (χ1v) is 8.03. The van der Waals surface area contributed by atoms with Gasteiger partial charge < -0.3 is 23.8 Å². The number of aliphatic carboxylic acids is 1. The topological polar surface area (TPSA) is 88.8 Å². The zero-order chi connectivity index (χ0) is 18.0.